The quantitative estimate of drug-likeness (QED) is 0.569. The molecule has 1 atom stereocenters. The minimum Gasteiger partial charge on any atom is -0.492 e. The molecule has 0 radical (unpaired) electrons. The summed E-state index contributed by atoms with van der Waals surface area (Å²) in [6.07, 6.45) is 0. The van der Waals surface area contributed by atoms with Crippen LogP contribution in [0.15, 0.2) is 29.4 Å². The van der Waals surface area contributed by atoms with Crippen LogP contribution < -0.4 is 4.74 Å². The van der Waals surface area contributed by atoms with Gasteiger partial charge in [-0.05, 0) is 29.5 Å². The lowest BCUT2D eigenvalue weighted by Crippen LogP contribution is -2.15. The summed E-state index contributed by atoms with van der Waals surface area (Å²) in [4.78, 5) is 11.5. The van der Waals surface area contributed by atoms with E-state index < -0.39 is 0 Å². The van der Waals surface area contributed by atoms with E-state index >= 15 is 0 Å². The number of benzene rings is 1. The van der Waals surface area contributed by atoms with Gasteiger partial charge in [0.1, 0.15) is 11.4 Å². The highest BCUT2D eigenvalue weighted by atomic mass is 32.2. The Morgan fingerprint density at radius 1 is 1.41 bits per heavy atom. The van der Waals surface area contributed by atoms with Crippen molar-refractivity contribution in [2.45, 2.75) is 19.0 Å². The van der Waals surface area contributed by atoms with Crippen LogP contribution in [-0.4, -0.2) is 45.6 Å². The highest BCUT2D eigenvalue weighted by Crippen LogP contribution is 2.26. The zero-order valence-corrected chi connectivity index (χ0v) is 13.5. The summed E-state index contributed by atoms with van der Waals surface area (Å²) < 4.78 is 11.9. The Balaban J connectivity index is 2.18. The highest BCUT2D eigenvalue weighted by Gasteiger charge is 2.18. The standard InChI is InChI=1S/C14H18N4O3S/c1-4-21-12-8-6-5-7-11(12)18-14(15-16-17-18)22-9-10(2)13(19)20-3/h5-8,10H,4,9H2,1-3H3/t10-/m0/s1. The van der Waals surface area contributed by atoms with Gasteiger partial charge in [0.2, 0.25) is 5.16 Å². The van der Waals surface area contributed by atoms with E-state index in [1.54, 1.807) is 11.6 Å². The van der Waals surface area contributed by atoms with Crippen LogP contribution in [0.2, 0.25) is 0 Å². The molecule has 0 aliphatic carbocycles. The number of ether oxygens (including phenoxy) is 2. The van der Waals surface area contributed by atoms with Crippen LogP contribution in [-0.2, 0) is 9.53 Å². The Labute approximate surface area is 133 Å². The van der Waals surface area contributed by atoms with Gasteiger partial charge in [-0.3, -0.25) is 4.79 Å². The van der Waals surface area contributed by atoms with Crippen molar-refractivity contribution in [3.8, 4) is 11.4 Å². The van der Waals surface area contributed by atoms with Gasteiger partial charge in [-0.25, -0.2) is 0 Å². The van der Waals surface area contributed by atoms with E-state index in [0.29, 0.717) is 23.3 Å². The molecule has 2 rings (SSSR count). The van der Waals surface area contributed by atoms with Crippen LogP contribution in [0.25, 0.3) is 5.69 Å². The fraction of sp³-hybridized carbons (Fsp3) is 0.429. The van der Waals surface area contributed by atoms with E-state index in [4.69, 9.17) is 9.47 Å². The number of hydrogen-bond donors (Lipinski definition) is 0. The first-order chi connectivity index (χ1) is 10.7. The summed E-state index contributed by atoms with van der Waals surface area (Å²) in [7, 11) is 1.38. The smallest absolute Gasteiger partial charge is 0.309 e. The summed E-state index contributed by atoms with van der Waals surface area (Å²) in [5.74, 6) is 0.757. The molecule has 0 aliphatic rings. The molecule has 2 aromatic rings. The van der Waals surface area contributed by atoms with E-state index in [-0.39, 0.29) is 11.9 Å². The summed E-state index contributed by atoms with van der Waals surface area (Å²) in [5.41, 5.74) is 0.766. The largest absolute Gasteiger partial charge is 0.492 e. The zero-order chi connectivity index (χ0) is 15.9. The first-order valence-corrected chi connectivity index (χ1v) is 7.87. The first-order valence-electron chi connectivity index (χ1n) is 6.88. The van der Waals surface area contributed by atoms with E-state index in [1.807, 2.05) is 31.2 Å². The van der Waals surface area contributed by atoms with Crippen molar-refractivity contribution < 1.29 is 14.3 Å². The third-order valence-electron chi connectivity index (χ3n) is 2.90. The molecule has 0 fully saturated rings. The van der Waals surface area contributed by atoms with Gasteiger partial charge in [0, 0.05) is 5.75 Å². The normalized spacial score (nSPS) is 12.0. The molecule has 1 heterocycles. The van der Waals surface area contributed by atoms with Crippen molar-refractivity contribution in [3.05, 3.63) is 24.3 Å². The molecule has 0 aliphatic heterocycles. The number of hydrogen-bond acceptors (Lipinski definition) is 7. The van der Waals surface area contributed by atoms with Crippen LogP contribution in [0.4, 0.5) is 0 Å². The molecular formula is C14H18N4O3S. The van der Waals surface area contributed by atoms with Crippen molar-refractivity contribution in [2.24, 2.45) is 5.92 Å². The highest BCUT2D eigenvalue weighted by molar-refractivity contribution is 7.99. The SMILES string of the molecule is CCOc1ccccc1-n1nnnc1SC[C@H](C)C(=O)OC. The molecule has 8 heteroatoms. The lowest BCUT2D eigenvalue weighted by molar-refractivity contribution is -0.143. The molecule has 1 aromatic carbocycles. The van der Waals surface area contributed by atoms with E-state index in [1.165, 1.54) is 18.9 Å². The molecule has 0 saturated carbocycles. The molecule has 0 N–H and O–H groups in total. The second-order valence-corrected chi connectivity index (χ2v) is 5.50. The third kappa shape index (κ3) is 3.76. The van der Waals surface area contributed by atoms with Gasteiger partial charge in [0.15, 0.2) is 0 Å². The topological polar surface area (TPSA) is 79.1 Å². The van der Waals surface area contributed by atoms with Crippen LogP contribution in [0.3, 0.4) is 0 Å². The van der Waals surface area contributed by atoms with Crippen LogP contribution in [0.1, 0.15) is 13.8 Å². The lowest BCUT2D eigenvalue weighted by atomic mass is 10.2. The van der Waals surface area contributed by atoms with E-state index in [2.05, 4.69) is 15.5 Å². The number of tetrazole rings is 1. The molecule has 1 aromatic heterocycles. The third-order valence-corrected chi connectivity index (χ3v) is 4.08. The van der Waals surface area contributed by atoms with Crippen LogP contribution in [0, 0.1) is 5.92 Å². The minimum atomic E-state index is -0.249. The second kappa shape index (κ2) is 7.79. The second-order valence-electron chi connectivity index (χ2n) is 4.51. The molecule has 0 spiro atoms. The van der Waals surface area contributed by atoms with Gasteiger partial charge in [0.05, 0.1) is 19.6 Å². The molecule has 7 nitrogen and oxygen atoms in total. The van der Waals surface area contributed by atoms with Crippen molar-refractivity contribution in [2.75, 3.05) is 19.5 Å². The lowest BCUT2D eigenvalue weighted by Gasteiger charge is -2.11. The summed E-state index contributed by atoms with van der Waals surface area (Å²) >= 11 is 1.40. The average Bonchev–Trinajstić information content (AvgIpc) is 3.01. The number of methoxy groups -OCH3 is 1. The number of aromatic nitrogens is 4. The van der Waals surface area contributed by atoms with Gasteiger partial charge in [-0.1, -0.05) is 30.8 Å². The molecule has 0 unspecified atom stereocenters. The molecule has 118 valence electrons. The van der Waals surface area contributed by atoms with Crippen molar-refractivity contribution in [3.63, 3.8) is 0 Å². The van der Waals surface area contributed by atoms with E-state index in [9.17, 15) is 4.79 Å². The van der Waals surface area contributed by atoms with Crippen molar-refractivity contribution >= 4 is 17.7 Å². The predicted octanol–water partition coefficient (Wildman–Crippen LogP) is 1.96. The van der Waals surface area contributed by atoms with Gasteiger partial charge >= 0.3 is 5.97 Å². The molecular weight excluding hydrogens is 304 g/mol. The Hall–Kier alpha value is -2.09. The Bertz CT molecular complexity index is 632. The summed E-state index contributed by atoms with van der Waals surface area (Å²) in [5, 5.41) is 12.3. The first kappa shape index (κ1) is 16.3. The van der Waals surface area contributed by atoms with Crippen molar-refractivity contribution in [1.82, 2.24) is 20.2 Å². The number of para-hydroxylation sites is 2. The Morgan fingerprint density at radius 2 is 2.18 bits per heavy atom. The minimum absolute atomic E-state index is 0.234. The molecule has 22 heavy (non-hydrogen) atoms. The molecule has 0 amide bonds. The van der Waals surface area contributed by atoms with E-state index in [0.717, 1.165) is 5.69 Å². The van der Waals surface area contributed by atoms with Gasteiger partial charge in [-0.15, -0.1) is 5.10 Å². The fourth-order valence-corrected chi connectivity index (χ4v) is 2.69. The monoisotopic (exact) mass is 322 g/mol. The Morgan fingerprint density at radius 3 is 2.91 bits per heavy atom. The average molecular weight is 322 g/mol. The zero-order valence-electron chi connectivity index (χ0n) is 12.7. The molecule has 0 bridgehead atoms. The number of rotatable bonds is 7. The summed E-state index contributed by atoms with van der Waals surface area (Å²) in [6.45, 7) is 4.28. The fourth-order valence-electron chi connectivity index (χ4n) is 1.80. The maximum Gasteiger partial charge on any atom is 0.309 e. The van der Waals surface area contributed by atoms with Gasteiger partial charge < -0.3 is 9.47 Å². The predicted molar refractivity (Wildman–Crippen MR) is 82.2 cm³/mol. The van der Waals surface area contributed by atoms with Gasteiger partial charge in [0.25, 0.3) is 0 Å². The maximum atomic E-state index is 11.5. The maximum absolute atomic E-state index is 11.5. The molecule has 0 saturated heterocycles. The number of carbonyl (C=O) groups excluding carboxylic acids is 1. The van der Waals surface area contributed by atoms with Gasteiger partial charge in [-0.2, -0.15) is 4.68 Å². The number of esters is 1. The summed E-state index contributed by atoms with van der Waals surface area (Å²) in [6, 6.07) is 7.54. The van der Waals surface area contributed by atoms with Crippen LogP contribution >= 0.6 is 11.8 Å². The van der Waals surface area contributed by atoms with Crippen molar-refractivity contribution in [1.29, 1.82) is 0 Å². The number of thioether (sulfide) groups is 1. The van der Waals surface area contributed by atoms with Crippen LogP contribution in [0.5, 0.6) is 5.75 Å². The number of carbonyl (C=O) groups is 1. The Kier molecular flexibility index (Phi) is 5.76. The number of nitrogens with zero attached hydrogens (tertiary/aromatic N) is 4.